The van der Waals surface area contributed by atoms with E-state index in [0.29, 0.717) is 19.6 Å². The molecular weight excluding hydrogens is 530 g/mol. The lowest BCUT2D eigenvalue weighted by Crippen LogP contribution is -2.72. The monoisotopic (exact) mass is 569 g/mol. The third-order valence-electron chi connectivity index (χ3n) is 4.81. The minimum atomic E-state index is -1.56. The smallest absolute Gasteiger partial charge is 0.413 e. The van der Waals surface area contributed by atoms with Crippen LogP contribution in [0.4, 0.5) is 9.93 Å². The molecule has 0 aliphatic carbocycles. The average molecular weight is 570 g/mol. The second kappa shape index (κ2) is 12.7. The van der Waals surface area contributed by atoms with Crippen LogP contribution >= 0.6 is 11.3 Å². The lowest BCUT2D eigenvalue weighted by molar-refractivity contribution is -0.179. The number of amides is 3. The van der Waals surface area contributed by atoms with Crippen LogP contribution in [0.15, 0.2) is 10.5 Å². The van der Waals surface area contributed by atoms with E-state index in [1.165, 1.54) is 19.2 Å². The molecule has 1 aromatic rings. The summed E-state index contributed by atoms with van der Waals surface area (Å²) in [6, 6.07) is -1.21. The van der Waals surface area contributed by atoms with Crippen LogP contribution in [0.2, 0.25) is 0 Å². The first kappa shape index (κ1) is 31.9. The number of β-lactam (4-membered cyclic amide) rings is 1. The van der Waals surface area contributed by atoms with Gasteiger partial charge in [0.1, 0.15) is 22.9 Å². The van der Waals surface area contributed by atoms with Crippen molar-refractivity contribution in [3.8, 4) is 0 Å². The lowest BCUT2D eigenvalue weighted by Gasteiger charge is -2.37. The third-order valence-corrected chi connectivity index (χ3v) is 5.57. The molecule has 6 N–H and O–H groups in total. The number of oxime groups is 1. The second-order valence-corrected chi connectivity index (χ2v) is 12.1. The van der Waals surface area contributed by atoms with Crippen LogP contribution in [0.5, 0.6) is 0 Å². The molecule has 39 heavy (non-hydrogen) atoms. The molecule has 3 amide bonds. The summed E-state index contributed by atoms with van der Waals surface area (Å²) in [5.74, 6) is -1.84. The van der Waals surface area contributed by atoms with Crippen LogP contribution in [0, 0.1) is 0 Å². The van der Waals surface area contributed by atoms with Gasteiger partial charge >= 0.3 is 12.1 Å². The highest BCUT2D eigenvalue weighted by Gasteiger charge is 2.41. The summed E-state index contributed by atoms with van der Waals surface area (Å²) in [5, 5.41) is 16.5. The Hall–Kier alpha value is -3.30. The van der Waals surface area contributed by atoms with E-state index in [0.717, 1.165) is 11.3 Å². The Morgan fingerprint density at radius 3 is 2.31 bits per heavy atom. The van der Waals surface area contributed by atoms with Crippen LogP contribution in [-0.2, 0) is 28.7 Å². The molecule has 1 saturated heterocycles. The van der Waals surface area contributed by atoms with Crippen molar-refractivity contribution in [1.29, 1.82) is 0 Å². The first-order valence-electron chi connectivity index (χ1n) is 12.4. The van der Waals surface area contributed by atoms with Crippen molar-refractivity contribution in [2.75, 3.05) is 25.0 Å². The highest BCUT2D eigenvalue weighted by molar-refractivity contribution is 7.14. The van der Waals surface area contributed by atoms with Gasteiger partial charge in [0.2, 0.25) is 11.5 Å². The Bertz CT molecular complexity index is 1090. The SMILES string of the molecule is CC(C)(C)OC(=O)Nc1nc(C(=NOC(C)(C)C(=O)OC(C)(C)C)C(=O)N[C@@H]2C(=O)N[C@@H]2CNCCN)cs1. The molecule has 1 fully saturated rings. The number of nitrogens with one attached hydrogen (secondary N) is 4. The summed E-state index contributed by atoms with van der Waals surface area (Å²) < 4.78 is 10.6. The van der Waals surface area contributed by atoms with Crippen LogP contribution in [0.1, 0.15) is 61.1 Å². The molecule has 1 aromatic heterocycles. The molecule has 2 atom stereocenters. The van der Waals surface area contributed by atoms with Crippen molar-refractivity contribution in [1.82, 2.24) is 20.9 Å². The zero-order chi connectivity index (χ0) is 29.6. The fourth-order valence-corrected chi connectivity index (χ4v) is 3.66. The molecule has 1 aliphatic rings. The van der Waals surface area contributed by atoms with Gasteiger partial charge in [-0.3, -0.25) is 14.9 Å². The van der Waals surface area contributed by atoms with E-state index in [9.17, 15) is 19.2 Å². The Balaban J connectivity index is 2.28. The maximum atomic E-state index is 13.3. The van der Waals surface area contributed by atoms with E-state index in [1.54, 1.807) is 41.5 Å². The van der Waals surface area contributed by atoms with Gasteiger partial charge in [0, 0.05) is 25.0 Å². The van der Waals surface area contributed by atoms with Gasteiger partial charge in [0.15, 0.2) is 10.8 Å². The molecule has 0 bridgehead atoms. The van der Waals surface area contributed by atoms with E-state index in [1.807, 2.05) is 0 Å². The van der Waals surface area contributed by atoms with Gasteiger partial charge in [-0.1, -0.05) is 5.16 Å². The number of esters is 1. The number of anilines is 1. The average Bonchev–Trinajstić information content (AvgIpc) is 3.22. The van der Waals surface area contributed by atoms with Crippen LogP contribution < -0.4 is 27.0 Å². The summed E-state index contributed by atoms with van der Waals surface area (Å²) in [6.45, 7) is 14.5. The summed E-state index contributed by atoms with van der Waals surface area (Å²) >= 11 is 1.02. The van der Waals surface area contributed by atoms with Crippen molar-refractivity contribution in [2.24, 2.45) is 10.9 Å². The van der Waals surface area contributed by atoms with Crippen molar-refractivity contribution >= 4 is 46.1 Å². The van der Waals surface area contributed by atoms with E-state index in [2.05, 4.69) is 31.4 Å². The highest BCUT2D eigenvalue weighted by atomic mass is 32.1. The number of hydrogen-bond acceptors (Lipinski definition) is 12. The molecule has 1 aliphatic heterocycles. The molecule has 218 valence electrons. The van der Waals surface area contributed by atoms with Crippen molar-refractivity contribution in [2.45, 2.75) is 84.3 Å². The Labute approximate surface area is 231 Å². The highest BCUT2D eigenvalue weighted by Crippen LogP contribution is 2.21. The number of ether oxygens (including phenoxy) is 2. The number of rotatable bonds is 11. The van der Waals surface area contributed by atoms with Gasteiger partial charge in [-0.25, -0.2) is 14.6 Å². The quantitative estimate of drug-likeness (QED) is 0.0838. The molecule has 2 rings (SSSR count). The number of aromatic nitrogens is 1. The minimum Gasteiger partial charge on any atom is -0.457 e. The van der Waals surface area contributed by atoms with Gasteiger partial charge < -0.3 is 36.0 Å². The van der Waals surface area contributed by atoms with Crippen LogP contribution in [0.3, 0.4) is 0 Å². The van der Waals surface area contributed by atoms with E-state index < -0.39 is 40.8 Å². The molecule has 15 heteroatoms. The number of nitrogens with two attached hydrogens (primary N) is 1. The Morgan fingerprint density at radius 2 is 1.74 bits per heavy atom. The molecule has 14 nitrogen and oxygen atoms in total. The van der Waals surface area contributed by atoms with Crippen molar-refractivity contribution in [3.05, 3.63) is 11.1 Å². The van der Waals surface area contributed by atoms with E-state index in [-0.39, 0.29) is 28.5 Å². The van der Waals surface area contributed by atoms with Gasteiger partial charge in [0.05, 0.1) is 6.04 Å². The molecule has 0 radical (unpaired) electrons. The largest absolute Gasteiger partial charge is 0.457 e. The molecule has 2 heterocycles. The first-order chi connectivity index (χ1) is 17.9. The Kier molecular flexibility index (Phi) is 10.4. The zero-order valence-electron chi connectivity index (χ0n) is 23.6. The van der Waals surface area contributed by atoms with E-state index >= 15 is 0 Å². The summed E-state index contributed by atoms with van der Waals surface area (Å²) in [7, 11) is 0. The number of hydrogen-bond donors (Lipinski definition) is 5. The van der Waals surface area contributed by atoms with Crippen molar-refractivity contribution < 1.29 is 33.5 Å². The third kappa shape index (κ3) is 10.1. The molecular formula is C24H39N7O7S. The predicted molar refractivity (Wildman–Crippen MR) is 145 cm³/mol. The number of carbonyl (C=O) groups is 4. The predicted octanol–water partition coefficient (Wildman–Crippen LogP) is 0.863. The number of thiazole rings is 1. The zero-order valence-corrected chi connectivity index (χ0v) is 24.4. The second-order valence-electron chi connectivity index (χ2n) is 11.3. The van der Waals surface area contributed by atoms with Gasteiger partial charge in [-0.2, -0.15) is 0 Å². The fraction of sp³-hybridized carbons (Fsp3) is 0.667. The molecule has 0 saturated carbocycles. The normalized spacial score (nSPS) is 18.0. The molecule has 0 spiro atoms. The maximum Gasteiger partial charge on any atom is 0.413 e. The lowest BCUT2D eigenvalue weighted by atomic mass is 9.98. The van der Waals surface area contributed by atoms with Gasteiger partial charge in [-0.05, 0) is 55.4 Å². The summed E-state index contributed by atoms with van der Waals surface area (Å²) in [5.41, 5.74) is 2.15. The van der Waals surface area contributed by atoms with Crippen LogP contribution in [0.25, 0.3) is 0 Å². The Morgan fingerprint density at radius 1 is 1.10 bits per heavy atom. The first-order valence-corrected chi connectivity index (χ1v) is 13.3. The van der Waals surface area contributed by atoms with Crippen molar-refractivity contribution in [3.63, 3.8) is 0 Å². The van der Waals surface area contributed by atoms with Gasteiger partial charge in [-0.15, -0.1) is 11.3 Å². The minimum absolute atomic E-state index is 0.0427. The summed E-state index contributed by atoms with van der Waals surface area (Å²) in [4.78, 5) is 60.0. The fourth-order valence-electron chi connectivity index (χ4n) is 2.98. The summed E-state index contributed by atoms with van der Waals surface area (Å²) in [6.07, 6.45) is -0.729. The number of nitrogens with zero attached hydrogens (tertiary/aromatic N) is 2. The van der Waals surface area contributed by atoms with Crippen LogP contribution in [-0.4, -0.2) is 83.1 Å². The van der Waals surface area contributed by atoms with E-state index in [4.69, 9.17) is 20.0 Å². The maximum absolute atomic E-state index is 13.3. The number of carbonyl (C=O) groups excluding carboxylic acids is 4. The standard InChI is InChI=1S/C24H39N7O7S/c1-22(2,3)36-19(34)24(7,8)38-31-16(14-12-39-20(28-14)30-21(35)37-23(4,5)6)18(33)29-15-13(27-17(15)32)11-26-10-9-25/h12-13,15,26H,9-11,25H2,1-8H3,(H,27,32)(H,29,33)(H,28,30,35)/t13-,15+/m1/s1. The molecule has 0 aromatic carbocycles. The topological polar surface area (TPSA) is 195 Å². The molecule has 0 unspecified atom stereocenters. The van der Waals surface area contributed by atoms with Gasteiger partial charge in [0.25, 0.3) is 5.91 Å².